The van der Waals surface area contributed by atoms with Gasteiger partial charge in [0, 0.05) is 24.5 Å². The van der Waals surface area contributed by atoms with Gasteiger partial charge in [0.1, 0.15) is 0 Å². The summed E-state index contributed by atoms with van der Waals surface area (Å²) in [7, 11) is 0. The van der Waals surface area contributed by atoms with Gasteiger partial charge >= 0.3 is 0 Å². The third-order valence-electron chi connectivity index (χ3n) is 3.38. The first kappa shape index (κ1) is 8.42. The van der Waals surface area contributed by atoms with Crippen LogP contribution in [0.5, 0.6) is 0 Å². The summed E-state index contributed by atoms with van der Waals surface area (Å²) < 4.78 is 0. The molecule has 0 aliphatic heterocycles. The quantitative estimate of drug-likeness (QED) is 0.768. The standard InChI is InChI=1S/C12H16N2/c1-8-6-9-4-5-13-7-11(9)12(8)14-10-2-3-10/h4-5,7-8,10,12,14H,2-3,6H2,1H3. The molecule has 0 spiro atoms. The molecule has 1 aromatic heterocycles. The summed E-state index contributed by atoms with van der Waals surface area (Å²) in [4.78, 5) is 4.23. The van der Waals surface area contributed by atoms with Crippen molar-refractivity contribution >= 4 is 0 Å². The van der Waals surface area contributed by atoms with Crippen molar-refractivity contribution in [3.63, 3.8) is 0 Å². The minimum atomic E-state index is 0.561. The summed E-state index contributed by atoms with van der Waals surface area (Å²) in [6.45, 7) is 2.33. The third-order valence-corrected chi connectivity index (χ3v) is 3.38. The van der Waals surface area contributed by atoms with Crippen LogP contribution in [0.3, 0.4) is 0 Å². The van der Waals surface area contributed by atoms with Crippen molar-refractivity contribution in [2.75, 3.05) is 0 Å². The smallest absolute Gasteiger partial charge is 0.0369 e. The topological polar surface area (TPSA) is 24.9 Å². The largest absolute Gasteiger partial charge is 0.307 e. The van der Waals surface area contributed by atoms with Crippen LogP contribution in [0.15, 0.2) is 18.5 Å². The lowest BCUT2D eigenvalue weighted by Gasteiger charge is -2.17. The molecule has 2 aliphatic carbocycles. The van der Waals surface area contributed by atoms with E-state index < -0.39 is 0 Å². The van der Waals surface area contributed by atoms with Crippen LogP contribution < -0.4 is 5.32 Å². The maximum atomic E-state index is 4.23. The zero-order valence-electron chi connectivity index (χ0n) is 8.53. The van der Waals surface area contributed by atoms with Gasteiger partial charge in [-0.3, -0.25) is 4.98 Å². The lowest BCUT2D eigenvalue weighted by atomic mass is 10.0. The summed E-state index contributed by atoms with van der Waals surface area (Å²) in [6, 6.07) is 3.51. The molecule has 1 aromatic rings. The molecule has 2 atom stereocenters. The van der Waals surface area contributed by atoms with Crippen molar-refractivity contribution < 1.29 is 0 Å². The summed E-state index contributed by atoms with van der Waals surface area (Å²) in [5, 5.41) is 3.72. The molecule has 1 N–H and O–H groups in total. The van der Waals surface area contributed by atoms with Crippen LogP contribution in [0.4, 0.5) is 0 Å². The Balaban J connectivity index is 1.88. The Kier molecular flexibility index (Phi) is 1.84. The first-order chi connectivity index (χ1) is 6.84. The van der Waals surface area contributed by atoms with Crippen LogP contribution in [-0.4, -0.2) is 11.0 Å². The van der Waals surface area contributed by atoms with E-state index in [9.17, 15) is 0 Å². The Morgan fingerprint density at radius 2 is 2.29 bits per heavy atom. The van der Waals surface area contributed by atoms with E-state index in [4.69, 9.17) is 0 Å². The van der Waals surface area contributed by atoms with E-state index >= 15 is 0 Å². The van der Waals surface area contributed by atoms with Crippen molar-refractivity contribution in [2.45, 2.75) is 38.3 Å². The SMILES string of the molecule is CC1Cc2ccncc2C1NC1CC1. The van der Waals surface area contributed by atoms with E-state index in [-0.39, 0.29) is 0 Å². The van der Waals surface area contributed by atoms with E-state index in [0.717, 1.165) is 12.0 Å². The molecule has 2 nitrogen and oxygen atoms in total. The van der Waals surface area contributed by atoms with Gasteiger partial charge in [0.2, 0.25) is 0 Å². The fraction of sp³-hybridized carbons (Fsp3) is 0.583. The molecule has 0 aromatic carbocycles. The van der Waals surface area contributed by atoms with Crippen LogP contribution in [0.1, 0.15) is 36.9 Å². The molecule has 1 heterocycles. The molecule has 2 unspecified atom stereocenters. The highest BCUT2D eigenvalue weighted by molar-refractivity contribution is 5.33. The van der Waals surface area contributed by atoms with Gasteiger partial charge in [0.25, 0.3) is 0 Å². The van der Waals surface area contributed by atoms with Gasteiger partial charge in [-0.25, -0.2) is 0 Å². The average molecular weight is 188 g/mol. The van der Waals surface area contributed by atoms with Gasteiger partial charge in [0.15, 0.2) is 0 Å². The molecule has 0 bridgehead atoms. The molecule has 1 saturated carbocycles. The maximum Gasteiger partial charge on any atom is 0.0369 e. The van der Waals surface area contributed by atoms with Gasteiger partial charge in [-0.1, -0.05) is 6.92 Å². The zero-order chi connectivity index (χ0) is 9.54. The minimum Gasteiger partial charge on any atom is -0.307 e. The molecular weight excluding hydrogens is 172 g/mol. The van der Waals surface area contributed by atoms with E-state index in [1.54, 1.807) is 0 Å². The molecule has 1 fully saturated rings. The fourth-order valence-electron chi connectivity index (χ4n) is 2.43. The predicted molar refractivity (Wildman–Crippen MR) is 56.0 cm³/mol. The Bertz CT molecular complexity index is 344. The van der Waals surface area contributed by atoms with Crippen LogP contribution in [0, 0.1) is 5.92 Å². The maximum absolute atomic E-state index is 4.23. The van der Waals surface area contributed by atoms with Gasteiger partial charge in [-0.2, -0.15) is 0 Å². The second kappa shape index (κ2) is 3.06. The molecule has 3 rings (SSSR count). The number of pyridine rings is 1. The highest BCUT2D eigenvalue weighted by atomic mass is 15.0. The van der Waals surface area contributed by atoms with Crippen LogP contribution in [0.2, 0.25) is 0 Å². The fourth-order valence-corrected chi connectivity index (χ4v) is 2.43. The number of fused-ring (bicyclic) bond motifs is 1. The molecule has 2 aliphatic rings. The van der Waals surface area contributed by atoms with Crippen molar-refractivity contribution in [1.29, 1.82) is 0 Å². The Morgan fingerprint density at radius 1 is 1.43 bits per heavy atom. The zero-order valence-corrected chi connectivity index (χ0v) is 8.53. The molecule has 0 saturated heterocycles. The van der Waals surface area contributed by atoms with E-state index in [0.29, 0.717) is 6.04 Å². The highest BCUT2D eigenvalue weighted by Crippen LogP contribution is 2.37. The number of rotatable bonds is 2. The summed E-state index contributed by atoms with van der Waals surface area (Å²) in [5.74, 6) is 0.731. The Morgan fingerprint density at radius 3 is 3.07 bits per heavy atom. The Labute approximate surface area is 84.7 Å². The number of aromatic nitrogens is 1. The molecule has 0 radical (unpaired) electrons. The second-order valence-electron chi connectivity index (χ2n) is 4.67. The van der Waals surface area contributed by atoms with Crippen LogP contribution in [-0.2, 0) is 6.42 Å². The summed E-state index contributed by atoms with van der Waals surface area (Å²) >= 11 is 0. The van der Waals surface area contributed by atoms with Gasteiger partial charge in [0.05, 0.1) is 0 Å². The molecular formula is C12H16N2. The van der Waals surface area contributed by atoms with E-state index in [2.05, 4.69) is 23.3 Å². The first-order valence-corrected chi connectivity index (χ1v) is 5.53. The minimum absolute atomic E-state index is 0.561. The van der Waals surface area contributed by atoms with E-state index in [1.165, 1.54) is 30.4 Å². The van der Waals surface area contributed by atoms with Crippen LogP contribution >= 0.6 is 0 Å². The van der Waals surface area contributed by atoms with E-state index in [1.807, 2.05) is 12.4 Å². The van der Waals surface area contributed by atoms with Crippen molar-refractivity contribution in [3.05, 3.63) is 29.6 Å². The number of hydrogen-bond acceptors (Lipinski definition) is 2. The van der Waals surface area contributed by atoms with Crippen molar-refractivity contribution in [3.8, 4) is 0 Å². The molecule has 74 valence electrons. The molecule has 2 heteroatoms. The number of hydrogen-bond donors (Lipinski definition) is 1. The van der Waals surface area contributed by atoms with Crippen molar-refractivity contribution in [2.24, 2.45) is 5.92 Å². The monoisotopic (exact) mass is 188 g/mol. The molecule has 0 amide bonds. The lowest BCUT2D eigenvalue weighted by molar-refractivity contribution is 0.413. The average Bonchev–Trinajstić information content (AvgIpc) is 2.93. The highest BCUT2D eigenvalue weighted by Gasteiger charge is 2.33. The normalized spacial score (nSPS) is 30.4. The number of nitrogens with zero attached hydrogens (tertiary/aromatic N) is 1. The predicted octanol–water partition coefficient (Wildman–Crippen LogP) is 2.07. The lowest BCUT2D eigenvalue weighted by Crippen LogP contribution is -2.25. The van der Waals surface area contributed by atoms with Gasteiger partial charge in [-0.15, -0.1) is 0 Å². The summed E-state index contributed by atoms with van der Waals surface area (Å²) in [6.07, 6.45) is 7.88. The van der Waals surface area contributed by atoms with Crippen molar-refractivity contribution in [1.82, 2.24) is 10.3 Å². The Hall–Kier alpha value is -0.890. The van der Waals surface area contributed by atoms with Crippen LogP contribution in [0.25, 0.3) is 0 Å². The number of nitrogens with one attached hydrogen (secondary N) is 1. The molecule has 14 heavy (non-hydrogen) atoms. The summed E-state index contributed by atoms with van der Waals surface area (Å²) in [5.41, 5.74) is 2.93. The van der Waals surface area contributed by atoms with Gasteiger partial charge < -0.3 is 5.32 Å². The third kappa shape index (κ3) is 1.34. The van der Waals surface area contributed by atoms with Gasteiger partial charge in [-0.05, 0) is 42.4 Å². The first-order valence-electron chi connectivity index (χ1n) is 5.53. The second-order valence-corrected chi connectivity index (χ2v) is 4.67.